The normalized spacial score (nSPS) is 9.95. The van der Waals surface area contributed by atoms with Gasteiger partial charge in [0.25, 0.3) is 12.9 Å². The van der Waals surface area contributed by atoms with Gasteiger partial charge in [-0.25, -0.2) is 8.78 Å². The Labute approximate surface area is 108 Å². The van der Waals surface area contributed by atoms with Gasteiger partial charge in [0.05, 0.1) is 7.11 Å². The zero-order valence-electron chi connectivity index (χ0n) is 10.4. The molecule has 1 aromatic carbocycles. The molecule has 19 heavy (non-hydrogen) atoms. The fourth-order valence-corrected chi connectivity index (χ4v) is 1.65. The zero-order valence-corrected chi connectivity index (χ0v) is 10.4. The summed E-state index contributed by atoms with van der Waals surface area (Å²) in [5.41, 5.74) is 1.50. The first kappa shape index (κ1) is 14.8. The van der Waals surface area contributed by atoms with Crippen molar-refractivity contribution in [2.75, 3.05) is 7.11 Å². The molecule has 1 N–H and O–H groups in total. The Hall–Kier alpha value is -2.24. The highest BCUT2D eigenvalue weighted by Gasteiger charge is 2.10. The van der Waals surface area contributed by atoms with Crippen molar-refractivity contribution >= 4 is 17.4 Å². The van der Waals surface area contributed by atoms with Crippen LogP contribution in [-0.2, 0) is 4.79 Å². The molecular weight excluding hydrogens is 256 g/mol. The molecule has 0 atom stereocenters. The van der Waals surface area contributed by atoms with E-state index >= 15 is 0 Å². The smallest absolute Gasteiger partial charge is 0.290 e. The van der Waals surface area contributed by atoms with Crippen molar-refractivity contribution in [1.82, 2.24) is 4.98 Å². The molecule has 0 aliphatic heterocycles. The molecule has 0 saturated carbocycles. The van der Waals surface area contributed by atoms with Crippen LogP contribution in [0.1, 0.15) is 17.6 Å². The molecule has 0 spiro atoms. The third-order valence-corrected chi connectivity index (χ3v) is 2.39. The van der Waals surface area contributed by atoms with Gasteiger partial charge in [0, 0.05) is 17.1 Å². The summed E-state index contributed by atoms with van der Waals surface area (Å²) < 4.78 is 30.2. The molecule has 0 unspecified atom stereocenters. The van der Waals surface area contributed by atoms with Crippen LogP contribution in [0.3, 0.4) is 0 Å². The fraction of sp³-hybridized carbons (Fsp3) is 0.231. The summed E-state index contributed by atoms with van der Waals surface area (Å²) in [4.78, 5) is 12.4. The third kappa shape index (κ3) is 3.61. The third-order valence-electron chi connectivity index (χ3n) is 2.39. The van der Waals surface area contributed by atoms with E-state index < -0.39 is 6.43 Å². The molecule has 0 saturated heterocycles. The van der Waals surface area contributed by atoms with Gasteiger partial charge in [-0.05, 0) is 30.7 Å². The van der Waals surface area contributed by atoms with Crippen molar-refractivity contribution in [3.8, 4) is 5.75 Å². The van der Waals surface area contributed by atoms with E-state index in [1.165, 1.54) is 19.4 Å². The molecule has 1 heterocycles. The maximum atomic E-state index is 12.5. The SMILES string of the molecule is COc1cc(C)cc2cc(C(F)F)cnc12.O=CO. The largest absolute Gasteiger partial charge is 0.494 e. The Bertz CT molecular complexity index is 573. The van der Waals surface area contributed by atoms with Gasteiger partial charge < -0.3 is 9.84 Å². The van der Waals surface area contributed by atoms with Crippen LogP contribution < -0.4 is 4.74 Å². The molecule has 102 valence electrons. The molecule has 2 rings (SSSR count). The van der Waals surface area contributed by atoms with Crippen molar-refractivity contribution in [2.45, 2.75) is 13.3 Å². The van der Waals surface area contributed by atoms with Gasteiger partial charge in [-0.3, -0.25) is 9.78 Å². The Morgan fingerprint density at radius 1 is 1.37 bits per heavy atom. The van der Waals surface area contributed by atoms with E-state index in [2.05, 4.69) is 4.98 Å². The van der Waals surface area contributed by atoms with Crippen molar-refractivity contribution in [2.24, 2.45) is 0 Å². The number of fused-ring (bicyclic) bond motifs is 1. The highest BCUT2D eigenvalue weighted by Crippen LogP contribution is 2.28. The number of carboxylic acid groups (broad SMARTS) is 1. The number of pyridine rings is 1. The van der Waals surface area contributed by atoms with Crippen molar-refractivity contribution in [1.29, 1.82) is 0 Å². The molecule has 4 nitrogen and oxygen atoms in total. The topological polar surface area (TPSA) is 59.4 Å². The predicted octanol–water partition coefficient (Wildman–Crippen LogP) is 3.19. The minimum Gasteiger partial charge on any atom is -0.494 e. The molecule has 6 heteroatoms. The van der Waals surface area contributed by atoms with E-state index in [4.69, 9.17) is 14.6 Å². The van der Waals surface area contributed by atoms with E-state index in [-0.39, 0.29) is 12.0 Å². The maximum Gasteiger partial charge on any atom is 0.290 e. The van der Waals surface area contributed by atoms with Crippen LogP contribution in [0.25, 0.3) is 10.9 Å². The maximum absolute atomic E-state index is 12.5. The molecule has 0 radical (unpaired) electrons. The highest BCUT2D eigenvalue weighted by molar-refractivity contribution is 5.85. The first-order valence-corrected chi connectivity index (χ1v) is 5.33. The molecule has 0 fully saturated rings. The molecular formula is C13H13F2NO3. The van der Waals surface area contributed by atoms with Gasteiger partial charge >= 0.3 is 0 Å². The number of hydrogen-bond acceptors (Lipinski definition) is 3. The number of ether oxygens (including phenoxy) is 1. The summed E-state index contributed by atoms with van der Waals surface area (Å²) in [6, 6.07) is 5.09. The first-order valence-electron chi connectivity index (χ1n) is 5.33. The van der Waals surface area contributed by atoms with Crippen LogP contribution in [0, 0.1) is 6.92 Å². The number of aromatic nitrogens is 1. The average Bonchev–Trinajstić information content (AvgIpc) is 2.37. The summed E-state index contributed by atoms with van der Waals surface area (Å²) in [5.74, 6) is 0.607. The highest BCUT2D eigenvalue weighted by atomic mass is 19.3. The first-order chi connectivity index (χ1) is 9.03. The standard InChI is InChI=1S/C12H11F2NO.CH2O2/c1-7-3-8-5-9(12(13)14)6-15-11(8)10(4-7)16-2;2-1-3/h3-6,12H,1-2H3;1H,(H,2,3). The molecule has 0 aliphatic carbocycles. The summed E-state index contributed by atoms with van der Waals surface area (Å²) in [7, 11) is 1.54. The summed E-state index contributed by atoms with van der Waals surface area (Å²) in [6.45, 7) is 1.64. The van der Waals surface area contributed by atoms with Gasteiger partial charge in [0.1, 0.15) is 11.3 Å². The van der Waals surface area contributed by atoms with E-state index in [0.717, 1.165) is 5.56 Å². The van der Waals surface area contributed by atoms with Crippen LogP contribution in [-0.4, -0.2) is 23.7 Å². The zero-order chi connectivity index (χ0) is 14.4. The van der Waals surface area contributed by atoms with Gasteiger partial charge in [-0.2, -0.15) is 0 Å². The van der Waals surface area contributed by atoms with E-state index in [9.17, 15) is 8.78 Å². The van der Waals surface area contributed by atoms with Crippen LogP contribution in [0.2, 0.25) is 0 Å². The number of nitrogens with zero attached hydrogens (tertiary/aromatic N) is 1. The number of carbonyl (C=O) groups is 1. The predicted molar refractivity (Wildman–Crippen MR) is 66.7 cm³/mol. The molecule has 0 bridgehead atoms. The Morgan fingerprint density at radius 3 is 2.53 bits per heavy atom. The van der Waals surface area contributed by atoms with Crippen molar-refractivity contribution in [3.05, 3.63) is 35.5 Å². The van der Waals surface area contributed by atoms with Crippen LogP contribution >= 0.6 is 0 Å². The molecule has 2 aromatic rings. The minimum atomic E-state index is -2.50. The van der Waals surface area contributed by atoms with Crippen LogP contribution in [0.15, 0.2) is 24.4 Å². The number of halogens is 2. The minimum absolute atomic E-state index is 0.0693. The van der Waals surface area contributed by atoms with E-state index in [1.807, 2.05) is 19.1 Å². The number of benzene rings is 1. The van der Waals surface area contributed by atoms with Gasteiger partial charge in [0.15, 0.2) is 0 Å². The summed E-state index contributed by atoms with van der Waals surface area (Å²) in [5, 5.41) is 7.56. The Morgan fingerprint density at radius 2 is 2.00 bits per heavy atom. The Balaban J connectivity index is 0.000000550. The molecule has 1 aromatic heterocycles. The lowest BCUT2D eigenvalue weighted by Crippen LogP contribution is -1.92. The number of aryl methyl sites for hydroxylation is 1. The van der Waals surface area contributed by atoms with Gasteiger partial charge in [-0.1, -0.05) is 0 Å². The van der Waals surface area contributed by atoms with E-state index in [1.54, 1.807) is 0 Å². The number of alkyl halides is 2. The number of hydrogen-bond donors (Lipinski definition) is 1. The Kier molecular flexibility index (Phi) is 5.17. The number of rotatable bonds is 2. The second kappa shape index (κ2) is 6.63. The lowest BCUT2D eigenvalue weighted by Gasteiger charge is -2.07. The second-order valence-electron chi connectivity index (χ2n) is 3.71. The van der Waals surface area contributed by atoms with Gasteiger partial charge in [-0.15, -0.1) is 0 Å². The second-order valence-corrected chi connectivity index (χ2v) is 3.71. The average molecular weight is 269 g/mol. The monoisotopic (exact) mass is 269 g/mol. The van der Waals surface area contributed by atoms with Gasteiger partial charge in [0.2, 0.25) is 0 Å². The van der Waals surface area contributed by atoms with E-state index in [0.29, 0.717) is 16.7 Å². The lowest BCUT2D eigenvalue weighted by atomic mass is 10.1. The van der Waals surface area contributed by atoms with Crippen molar-refractivity contribution < 1.29 is 23.4 Å². The quantitative estimate of drug-likeness (QED) is 0.850. The molecule has 0 aliphatic rings. The molecule has 0 amide bonds. The summed E-state index contributed by atoms with van der Waals surface area (Å²) >= 11 is 0. The summed E-state index contributed by atoms with van der Waals surface area (Å²) in [6.07, 6.45) is -1.31. The van der Waals surface area contributed by atoms with Crippen LogP contribution in [0.4, 0.5) is 8.78 Å². The van der Waals surface area contributed by atoms with Crippen LogP contribution in [0.5, 0.6) is 5.75 Å². The lowest BCUT2D eigenvalue weighted by molar-refractivity contribution is -0.122. The fourth-order valence-electron chi connectivity index (χ4n) is 1.65. The van der Waals surface area contributed by atoms with Crippen molar-refractivity contribution in [3.63, 3.8) is 0 Å². The number of methoxy groups -OCH3 is 1.